The van der Waals surface area contributed by atoms with E-state index in [1.807, 2.05) is 0 Å². The Morgan fingerprint density at radius 1 is 1.04 bits per heavy atom. The number of aliphatic hydroxyl groups is 1. The highest BCUT2D eigenvalue weighted by molar-refractivity contribution is 6.31. The van der Waals surface area contributed by atoms with E-state index < -0.39 is 65.0 Å². The first-order valence-corrected chi connectivity index (χ1v) is 16.4. The number of nitrogens with one attached hydrogen (secondary N) is 1. The summed E-state index contributed by atoms with van der Waals surface area (Å²) < 4.78 is 82.9. The van der Waals surface area contributed by atoms with Crippen molar-refractivity contribution >= 4 is 34.3 Å². The second kappa shape index (κ2) is 14.4. The number of ether oxygens (including phenoxy) is 2. The number of nitrogens with zero attached hydrogens (tertiary/aromatic N) is 2. The standard InChI is InChI=1S/C37H30ClF5N4O5/c1-2-51-34-20(14-31(44)48)13-30(47-33(34)25-15-26(37(41,42)43)28(40)16-27(25)39)36(50,22-6-4-3-5-7-22)18-46-35(49)21-10-19-11-23(38)17-45-32(19)29(12-21)52-24-8-9-24/h3-7,10-13,15-17,24,50H,2,8-9,14,18H2,1H3,(H2,44,48)(H,46,49)/t36-/m1/s1. The number of amides is 2. The fourth-order valence-electron chi connectivity index (χ4n) is 5.69. The van der Waals surface area contributed by atoms with Crippen LogP contribution in [0, 0.1) is 11.6 Å². The zero-order valence-corrected chi connectivity index (χ0v) is 28.1. The molecule has 1 saturated carbocycles. The maximum Gasteiger partial charge on any atom is 0.419 e. The summed E-state index contributed by atoms with van der Waals surface area (Å²) in [6, 6.07) is 14.0. The summed E-state index contributed by atoms with van der Waals surface area (Å²) >= 11 is 6.18. The predicted molar refractivity (Wildman–Crippen MR) is 181 cm³/mol. The fraction of sp³-hybridized carbons (Fsp3) is 0.243. The first-order chi connectivity index (χ1) is 24.7. The van der Waals surface area contributed by atoms with Crippen LogP contribution in [0.2, 0.25) is 5.02 Å². The summed E-state index contributed by atoms with van der Waals surface area (Å²) in [6.07, 6.45) is -2.69. The minimum atomic E-state index is -5.21. The summed E-state index contributed by atoms with van der Waals surface area (Å²) in [5.41, 5.74) is 0.466. The Labute approximate surface area is 298 Å². The molecule has 9 nitrogen and oxygen atoms in total. The molecule has 2 amide bonds. The van der Waals surface area contributed by atoms with Crippen LogP contribution in [0.4, 0.5) is 22.0 Å². The number of carbonyl (C=O) groups is 2. The molecule has 1 atom stereocenters. The molecule has 3 aromatic carbocycles. The highest BCUT2D eigenvalue weighted by Gasteiger charge is 2.39. The van der Waals surface area contributed by atoms with Crippen LogP contribution in [0.3, 0.4) is 0 Å². The van der Waals surface area contributed by atoms with Gasteiger partial charge in [-0.1, -0.05) is 41.9 Å². The molecule has 15 heteroatoms. The van der Waals surface area contributed by atoms with Gasteiger partial charge in [0.1, 0.15) is 39.9 Å². The molecule has 0 bridgehead atoms. The molecule has 270 valence electrons. The third kappa shape index (κ3) is 7.63. The number of pyridine rings is 2. The molecule has 6 rings (SSSR count). The lowest BCUT2D eigenvalue weighted by Gasteiger charge is -2.30. The SMILES string of the molecule is CCOc1c(CC(N)=O)cc([C@@](O)(CNC(=O)c2cc(OC3CC3)c3ncc(Cl)cc3c2)c2ccccc2)nc1-c1cc(C(F)(F)F)c(F)cc1F. The maximum absolute atomic E-state index is 15.4. The first-order valence-electron chi connectivity index (χ1n) is 16.0. The zero-order valence-electron chi connectivity index (χ0n) is 27.4. The molecule has 0 unspecified atom stereocenters. The van der Waals surface area contributed by atoms with E-state index >= 15 is 4.39 Å². The van der Waals surface area contributed by atoms with Gasteiger partial charge in [-0.25, -0.2) is 13.8 Å². The number of hydrogen-bond acceptors (Lipinski definition) is 7. The third-order valence-corrected chi connectivity index (χ3v) is 8.50. The van der Waals surface area contributed by atoms with Crippen molar-refractivity contribution in [2.24, 2.45) is 5.73 Å². The molecule has 0 radical (unpaired) electrons. The van der Waals surface area contributed by atoms with Gasteiger partial charge in [-0.3, -0.25) is 14.6 Å². The maximum atomic E-state index is 15.4. The van der Waals surface area contributed by atoms with Crippen LogP contribution in [0.15, 0.2) is 72.9 Å². The van der Waals surface area contributed by atoms with Crippen molar-refractivity contribution in [3.8, 4) is 22.8 Å². The van der Waals surface area contributed by atoms with E-state index in [2.05, 4.69) is 15.3 Å². The van der Waals surface area contributed by atoms with Crippen LogP contribution in [0.1, 0.15) is 52.5 Å². The summed E-state index contributed by atoms with van der Waals surface area (Å²) in [4.78, 5) is 34.7. The van der Waals surface area contributed by atoms with Crippen molar-refractivity contribution in [2.75, 3.05) is 13.2 Å². The van der Waals surface area contributed by atoms with Crippen molar-refractivity contribution in [2.45, 2.75) is 44.1 Å². The van der Waals surface area contributed by atoms with Gasteiger partial charge in [0, 0.05) is 34.3 Å². The number of primary amides is 1. The highest BCUT2D eigenvalue weighted by atomic mass is 35.5. The van der Waals surface area contributed by atoms with E-state index in [1.165, 1.54) is 37.4 Å². The van der Waals surface area contributed by atoms with Gasteiger partial charge in [-0.2, -0.15) is 13.2 Å². The number of alkyl halides is 3. The second-order valence-electron chi connectivity index (χ2n) is 12.2. The smallest absolute Gasteiger partial charge is 0.419 e. The molecule has 5 aromatic rings. The highest BCUT2D eigenvalue weighted by Crippen LogP contribution is 2.42. The molecule has 1 fully saturated rings. The van der Waals surface area contributed by atoms with E-state index in [0.717, 1.165) is 12.8 Å². The van der Waals surface area contributed by atoms with Crippen LogP contribution in [-0.2, 0) is 23.0 Å². The van der Waals surface area contributed by atoms with Crippen LogP contribution in [0.25, 0.3) is 22.2 Å². The van der Waals surface area contributed by atoms with Crippen molar-refractivity contribution in [1.82, 2.24) is 15.3 Å². The van der Waals surface area contributed by atoms with Gasteiger partial charge >= 0.3 is 6.18 Å². The van der Waals surface area contributed by atoms with Gasteiger partial charge in [0.15, 0.2) is 0 Å². The van der Waals surface area contributed by atoms with Crippen LogP contribution in [-0.4, -0.2) is 46.1 Å². The molecule has 0 saturated heterocycles. The Bertz CT molecular complexity index is 2180. The lowest BCUT2D eigenvalue weighted by Crippen LogP contribution is -2.42. The van der Waals surface area contributed by atoms with Crippen molar-refractivity contribution in [3.63, 3.8) is 0 Å². The molecule has 2 heterocycles. The van der Waals surface area contributed by atoms with Crippen molar-refractivity contribution < 1.29 is 46.1 Å². The van der Waals surface area contributed by atoms with Gasteiger partial charge in [0.2, 0.25) is 5.91 Å². The largest absolute Gasteiger partial charge is 0.491 e. The fourth-order valence-corrected chi connectivity index (χ4v) is 5.86. The number of carbonyl (C=O) groups excluding carboxylic acids is 2. The van der Waals surface area contributed by atoms with Crippen molar-refractivity contribution in [1.29, 1.82) is 0 Å². The van der Waals surface area contributed by atoms with E-state index in [-0.39, 0.29) is 53.0 Å². The van der Waals surface area contributed by atoms with Crippen molar-refractivity contribution in [3.05, 3.63) is 118 Å². The average molecular weight is 741 g/mol. The first kappa shape index (κ1) is 36.5. The van der Waals surface area contributed by atoms with E-state index in [9.17, 15) is 32.3 Å². The summed E-state index contributed by atoms with van der Waals surface area (Å²) in [6.45, 7) is 0.838. The summed E-state index contributed by atoms with van der Waals surface area (Å²) in [7, 11) is 0. The van der Waals surface area contributed by atoms with Gasteiger partial charge < -0.3 is 25.6 Å². The number of hydrogen-bond donors (Lipinski definition) is 3. The zero-order chi connectivity index (χ0) is 37.4. The predicted octanol–water partition coefficient (Wildman–Crippen LogP) is 6.88. The Balaban J connectivity index is 1.49. The monoisotopic (exact) mass is 740 g/mol. The van der Waals surface area contributed by atoms with Gasteiger partial charge in [0.05, 0.1) is 42.0 Å². The molecule has 1 aliphatic carbocycles. The Hall–Kier alpha value is -5.34. The number of aromatic nitrogens is 2. The topological polar surface area (TPSA) is 137 Å². The molecule has 0 aliphatic heterocycles. The summed E-state index contributed by atoms with van der Waals surface area (Å²) in [5.74, 6) is -4.80. The van der Waals surface area contributed by atoms with Gasteiger partial charge in [0.25, 0.3) is 5.91 Å². The third-order valence-electron chi connectivity index (χ3n) is 8.30. The molecule has 52 heavy (non-hydrogen) atoms. The average Bonchev–Trinajstić information content (AvgIpc) is 3.91. The normalized spacial score (nSPS) is 14.2. The number of halogens is 6. The number of fused-ring (bicyclic) bond motifs is 1. The molecular formula is C37H30ClF5N4O5. The lowest BCUT2D eigenvalue weighted by molar-refractivity contribution is -0.140. The number of benzene rings is 3. The van der Waals surface area contributed by atoms with Crippen LogP contribution < -0.4 is 20.5 Å². The van der Waals surface area contributed by atoms with Gasteiger partial charge in [-0.15, -0.1) is 0 Å². The number of rotatable bonds is 12. The lowest BCUT2D eigenvalue weighted by atomic mass is 9.87. The second-order valence-corrected chi connectivity index (χ2v) is 12.6. The van der Waals surface area contributed by atoms with E-state index in [4.69, 9.17) is 26.8 Å². The van der Waals surface area contributed by atoms with E-state index in [1.54, 1.807) is 30.3 Å². The molecule has 2 aromatic heterocycles. The van der Waals surface area contributed by atoms with Crippen LogP contribution >= 0.6 is 11.6 Å². The molecule has 1 aliphatic rings. The van der Waals surface area contributed by atoms with Gasteiger partial charge in [-0.05, 0) is 55.7 Å². The minimum Gasteiger partial charge on any atom is -0.491 e. The Morgan fingerprint density at radius 3 is 2.42 bits per heavy atom. The Morgan fingerprint density at radius 2 is 1.77 bits per heavy atom. The Kier molecular flexibility index (Phi) is 10.1. The molecular weight excluding hydrogens is 711 g/mol. The molecule has 4 N–H and O–H groups in total. The minimum absolute atomic E-state index is 0.0326. The number of nitrogens with two attached hydrogens (primary N) is 1. The quantitative estimate of drug-likeness (QED) is 0.119. The molecule has 0 spiro atoms. The van der Waals surface area contributed by atoms with E-state index in [0.29, 0.717) is 21.7 Å². The summed E-state index contributed by atoms with van der Waals surface area (Å²) in [5, 5.41) is 16.0. The van der Waals surface area contributed by atoms with Crippen LogP contribution in [0.5, 0.6) is 11.5 Å².